The fourth-order valence-corrected chi connectivity index (χ4v) is 5.57. The predicted octanol–water partition coefficient (Wildman–Crippen LogP) is 6.40. The Morgan fingerprint density at radius 1 is 1.11 bits per heavy atom. The van der Waals surface area contributed by atoms with E-state index in [1.165, 1.54) is 7.11 Å². The van der Waals surface area contributed by atoms with E-state index in [9.17, 15) is 37.1 Å². The van der Waals surface area contributed by atoms with Crippen LogP contribution in [-0.2, 0) is 23.9 Å². The van der Waals surface area contributed by atoms with E-state index in [-0.39, 0.29) is 42.4 Å². The SMILES string of the molecule is COc1cc(Cl)cc2[nH]c(C(=O)C[C@@H](CC(C)C)C(=O)N[C@@H](C[C@@H]3CCCCC3=O)C(=O)COC(=O)C(C)(C)C(F)(F)F)cc12. The normalized spacial score (nSPS) is 17.2. The molecule has 1 amide bonds. The van der Waals surface area contributed by atoms with Gasteiger partial charge in [0.2, 0.25) is 5.91 Å². The zero-order valence-electron chi connectivity index (χ0n) is 26.1. The molecule has 3 rings (SSSR count). The number of carbonyl (C=O) groups excluding carboxylic acids is 5. The molecule has 2 N–H and O–H groups in total. The van der Waals surface area contributed by atoms with E-state index >= 15 is 0 Å². The Labute approximate surface area is 264 Å². The zero-order valence-corrected chi connectivity index (χ0v) is 26.8. The lowest BCUT2D eigenvalue weighted by atomic mass is 9.82. The first-order valence-corrected chi connectivity index (χ1v) is 15.3. The smallest absolute Gasteiger partial charge is 0.404 e. The number of ether oxygens (including phenoxy) is 2. The van der Waals surface area contributed by atoms with Crippen LogP contribution in [0.15, 0.2) is 18.2 Å². The molecule has 0 bridgehead atoms. The molecule has 0 unspecified atom stereocenters. The molecule has 1 aliphatic rings. The number of carbonyl (C=O) groups is 5. The molecule has 2 aromatic rings. The summed E-state index contributed by atoms with van der Waals surface area (Å²) < 4.78 is 50.0. The summed E-state index contributed by atoms with van der Waals surface area (Å²) in [6.45, 7) is 4.01. The molecule has 1 heterocycles. The summed E-state index contributed by atoms with van der Waals surface area (Å²) in [5, 5.41) is 3.66. The van der Waals surface area contributed by atoms with Crippen molar-refractivity contribution in [3.8, 4) is 5.75 Å². The molecule has 13 heteroatoms. The number of methoxy groups -OCH3 is 1. The second-order valence-corrected chi connectivity index (χ2v) is 13.0. The van der Waals surface area contributed by atoms with Gasteiger partial charge in [-0.2, -0.15) is 13.2 Å². The average Bonchev–Trinajstić information content (AvgIpc) is 3.38. The molecule has 9 nitrogen and oxygen atoms in total. The van der Waals surface area contributed by atoms with Crippen LogP contribution in [0.2, 0.25) is 5.02 Å². The van der Waals surface area contributed by atoms with Crippen LogP contribution in [0.25, 0.3) is 10.9 Å². The van der Waals surface area contributed by atoms with Gasteiger partial charge in [-0.15, -0.1) is 0 Å². The van der Waals surface area contributed by atoms with Gasteiger partial charge in [-0.25, -0.2) is 0 Å². The number of H-pyrrole nitrogens is 1. The number of hydrogen-bond donors (Lipinski definition) is 2. The highest BCUT2D eigenvalue weighted by atomic mass is 35.5. The third kappa shape index (κ3) is 9.08. The van der Waals surface area contributed by atoms with E-state index in [1.807, 2.05) is 13.8 Å². The van der Waals surface area contributed by atoms with Gasteiger partial charge < -0.3 is 19.8 Å². The lowest BCUT2D eigenvalue weighted by molar-refractivity contribution is -0.224. The Balaban J connectivity index is 1.81. The van der Waals surface area contributed by atoms with E-state index in [0.717, 1.165) is 6.42 Å². The number of fused-ring (bicyclic) bond motifs is 1. The molecular formula is C32H40ClF3N2O7. The first-order valence-electron chi connectivity index (χ1n) is 14.9. The molecule has 0 saturated heterocycles. The van der Waals surface area contributed by atoms with Gasteiger partial charge in [0, 0.05) is 35.1 Å². The lowest BCUT2D eigenvalue weighted by Gasteiger charge is -2.28. The summed E-state index contributed by atoms with van der Waals surface area (Å²) in [4.78, 5) is 68.0. The topological polar surface area (TPSA) is 132 Å². The number of amides is 1. The Hall–Kier alpha value is -3.41. The number of rotatable bonds is 14. The summed E-state index contributed by atoms with van der Waals surface area (Å²) in [7, 11) is 1.47. The molecule has 0 aliphatic heterocycles. The number of nitrogens with one attached hydrogen (secondary N) is 2. The fourth-order valence-electron chi connectivity index (χ4n) is 5.36. The van der Waals surface area contributed by atoms with Gasteiger partial charge in [0.05, 0.1) is 24.4 Å². The molecule has 248 valence electrons. The van der Waals surface area contributed by atoms with Crippen molar-refractivity contribution in [3.63, 3.8) is 0 Å². The number of Topliss-reactive ketones (excluding diaryl/α,β-unsaturated/α-hetero) is 3. The predicted molar refractivity (Wildman–Crippen MR) is 161 cm³/mol. The summed E-state index contributed by atoms with van der Waals surface area (Å²) in [6, 6.07) is 3.54. The maximum atomic E-state index is 13.6. The molecule has 1 fully saturated rings. The standard InChI is InChI=1S/C32H40ClF3N2O7/c1-17(2)10-19(12-26(40)24-15-21-22(37-24)13-20(33)14-28(21)44-5)29(42)38-23(11-18-8-6-7-9-25(18)39)27(41)16-45-30(43)31(3,4)32(34,35)36/h13-15,17-19,23,37H,6-12,16H2,1-5H3,(H,38,42)/t18-,19+,23-/m0/s1. The van der Waals surface area contributed by atoms with E-state index in [0.29, 0.717) is 54.8 Å². The fraction of sp³-hybridized carbons (Fsp3) is 0.594. The molecule has 0 spiro atoms. The highest BCUT2D eigenvalue weighted by molar-refractivity contribution is 6.31. The van der Waals surface area contributed by atoms with E-state index < -0.39 is 53.7 Å². The maximum absolute atomic E-state index is 13.6. The minimum absolute atomic E-state index is 0.0187. The van der Waals surface area contributed by atoms with Crippen LogP contribution in [-0.4, -0.2) is 60.1 Å². The van der Waals surface area contributed by atoms with Crippen molar-refractivity contribution in [3.05, 3.63) is 28.9 Å². The van der Waals surface area contributed by atoms with Crippen molar-refractivity contribution in [2.24, 2.45) is 23.2 Å². The van der Waals surface area contributed by atoms with E-state index in [1.54, 1.807) is 18.2 Å². The number of aromatic nitrogens is 1. The maximum Gasteiger partial charge on any atom is 0.404 e. The largest absolute Gasteiger partial charge is 0.496 e. The van der Waals surface area contributed by atoms with Gasteiger partial charge in [-0.1, -0.05) is 31.9 Å². The van der Waals surface area contributed by atoms with Crippen molar-refractivity contribution in [1.29, 1.82) is 0 Å². The van der Waals surface area contributed by atoms with Crippen LogP contribution in [0.5, 0.6) is 5.75 Å². The molecule has 3 atom stereocenters. The van der Waals surface area contributed by atoms with Gasteiger partial charge >= 0.3 is 12.1 Å². The van der Waals surface area contributed by atoms with Crippen molar-refractivity contribution < 1.29 is 46.6 Å². The average molecular weight is 657 g/mol. The number of aromatic amines is 1. The van der Waals surface area contributed by atoms with E-state index in [4.69, 9.17) is 21.1 Å². The quantitative estimate of drug-likeness (QED) is 0.178. The molecule has 1 saturated carbocycles. The van der Waals surface area contributed by atoms with Gasteiger partial charge in [-0.05, 0) is 63.6 Å². The van der Waals surface area contributed by atoms with Crippen LogP contribution in [0.3, 0.4) is 0 Å². The third-order valence-corrected chi connectivity index (χ3v) is 8.43. The molecule has 1 aliphatic carbocycles. The number of esters is 1. The van der Waals surface area contributed by atoms with Crippen molar-refractivity contribution >= 4 is 51.7 Å². The van der Waals surface area contributed by atoms with Gasteiger partial charge in [0.15, 0.2) is 23.6 Å². The van der Waals surface area contributed by atoms with E-state index in [2.05, 4.69) is 10.3 Å². The third-order valence-electron chi connectivity index (χ3n) is 8.21. The monoisotopic (exact) mass is 656 g/mol. The zero-order chi connectivity index (χ0) is 33.7. The highest BCUT2D eigenvalue weighted by Crippen LogP contribution is 2.38. The molecular weight excluding hydrogens is 617 g/mol. The van der Waals surface area contributed by atoms with Crippen molar-refractivity contribution in [2.75, 3.05) is 13.7 Å². The Bertz CT molecular complexity index is 1430. The minimum atomic E-state index is -4.91. The van der Waals surface area contributed by atoms with Crippen molar-refractivity contribution in [1.82, 2.24) is 10.3 Å². The first-order chi connectivity index (χ1) is 20.9. The summed E-state index contributed by atoms with van der Waals surface area (Å²) in [5.41, 5.74) is -2.06. The van der Waals surface area contributed by atoms with Crippen LogP contribution in [0, 0.1) is 23.2 Å². The van der Waals surface area contributed by atoms with Gasteiger partial charge in [0.1, 0.15) is 11.5 Å². The van der Waals surface area contributed by atoms with Crippen LogP contribution >= 0.6 is 11.6 Å². The minimum Gasteiger partial charge on any atom is -0.496 e. The number of benzene rings is 1. The van der Waals surface area contributed by atoms with Crippen molar-refractivity contribution in [2.45, 2.75) is 84.9 Å². The Morgan fingerprint density at radius 2 is 1.80 bits per heavy atom. The number of hydrogen-bond acceptors (Lipinski definition) is 7. The number of alkyl halides is 3. The summed E-state index contributed by atoms with van der Waals surface area (Å²) >= 11 is 6.15. The second kappa shape index (κ2) is 14.8. The van der Waals surface area contributed by atoms with Crippen LogP contribution in [0.1, 0.15) is 83.1 Å². The Kier molecular flexibility index (Phi) is 11.9. The van der Waals surface area contributed by atoms with Crippen LogP contribution < -0.4 is 10.1 Å². The highest BCUT2D eigenvalue weighted by Gasteiger charge is 2.54. The summed E-state index contributed by atoms with van der Waals surface area (Å²) in [6.07, 6.45) is -2.68. The Morgan fingerprint density at radius 3 is 2.40 bits per heavy atom. The first kappa shape index (κ1) is 36.1. The number of halogens is 4. The van der Waals surface area contributed by atoms with Gasteiger partial charge in [0.25, 0.3) is 0 Å². The molecule has 0 radical (unpaired) electrons. The lowest BCUT2D eigenvalue weighted by Crippen LogP contribution is -2.48. The molecule has 45 heavy (non-hydrogen) atoms. The number of ketones is 3. The van der Waals surface area contributed by atoms with Crippen LogP contribution in [0.4, 0.5) is 13.2 Å². The second-order valence-electron chi connectivity index (χ2n) is 12.6. The summed E-state index contributed by atoms with van der Waals surface area (Å²) in [5.74, 6) is -4.55. The molecule has 1 aromatic heterocycles. The molecule has 1 aromatic carbocycles. The van der Waals surface area contributed by atoms with Gasteiger partial charge in [-0.3, -0.25) is 24.0 Å².